The number of aromatic nitrogens is 3. The Bertz CT molecular complexity index is 564. The molecule has 0 aliphatic carbocycles. The van der Waals surface area contributed by atoms with Crippen LogP contribution in [0.5, 0.6) is 0 Å². The van der Waals surface area contributed by atoms with Crippen LogP contribution in [0.3, 0.4) is 0 Å². The molecular weight excluding hydrogens is 234 g/mol. The van der Waals surface area contributed by atoms with E-state index < -0.39 is 0 Å². The van der Waals surface area contributed by atoms with Gasteiger partial charge in [0, 0.05) is 17.4 Å². The molecule has 4 nitrogen and oxygen atoms in total. The molecule has 0 N–H and O–H groups in total. The highest BCUT2D eigenvalue weighted by atomic mass is 32.2. The highest BCUT2D eigenvalue weighted by Gasteiger charge is 2.27. The molecular formula is C12H11N3OS. The second-order valence-electron chi connectivity index (χ2n) is 4.04. The molecule has 0 unspecified atom stereocenters. The Hall–Kier alpha value is -1.62. The van der Waals surface area contributed by atoms with Gasteiger partial charge in [0.2, 0.25) is 11.6 Å². The number of hydrogen-bond donors (Lipinski definition) is 0. The minimum absolute atomic E-state index is 0.0564. The fraction of sp³-hybridized carbons (Fsp3) is 0.250. The van der Waals surface area contributed by atoms with Gasteiger partial charge >= 0.3 is 0 Å². The maximum absolute atomic E-state index is 12.2. The fourth-order valence-electron chi connectivity index (χ4n) is 1.90. The summed E-state index contributed by atoms with van der Waals surface area (Å²) in [6.07, 6.45) is 0. The number of hydrogen-bond acceptors (Lipinski definition) is 4. The van der Waals surface area contributed by atoms with Gasteiger partial charge in [0.25, 0.3) is 0 Å². The van der Waals surface area contributed by atoms with Gasteiger partial charge in [-0.15, -0.1) is 10.2 Å². The molecule has 0 saturated heterocycles. The van der Waals surface area contributed by atoms with Gasteiger partial charge < -0.3 is 0 Å². The van der Waals surface area contributed by atoms with Crippen molar-refractivity contribution in [2.45, 2.75) is 23.9 Å². The fourth-order valence-corrected chi connectivity index (χ4v) is 2.86. The monoisotopic (exact) mass is 245 g/mol. The minimum Gasteiger partial charge on any atom is -0.298 e. The van der Waals surface area contributed by atoms with Gasteiger partial charge in [-0.1, -0.05) is 49.0 Å². The number of benzene rings is 1. The number of nitrogens with zero attached hydrogens (tertiary/aromatic N) is 3. The van der Waals surface area contributed by atoms with Crippen LogP contribution in [0.15, 0.2) is 35.5 Å². The van der Waals surface area contributed by atoms with Crippen LogP contribution in [0.25, 0.3) is 0 Å². The molecule has 17 heavy (non-hydrogen) atoms. The SMILES string of the molecule is C[C@H]1Cn2c(nnc2C(=O)c2ccccc2)S1. The molecule has 0 radical (unpaired) electrons. The van der Waals surface area contributed by atoms with Crippen LogP contribution < -0.4 is 0 Å². The van der Waals surface area contributed by atoms with E-state index in [2.05, 4.69) is 17.1 Å². The van der Waals surface area contributed by atoms with Crippen molar-refractivity contribution in [3.8, 4) is 0 Å². The summed E-state index contributed by atoms with van der Waals surface area (Å²) in [5.74, 6) is 0.391. The van der Waals surface area contributed by atoms with Gasteiger partial charge in [-0.05, 0) is 0 Å². The maximum Gasteiger partial charge on any atom is 0.230 e. The summed E-state index contributed by atoms with van der Waals surface area (Å²) in [5.41, 5.74) is 0.659. The number of ketones is 1. The average Bonchev–Trinajstić information content (AvgIpc) is 2.88. The molecule has 0 fully saturated rings. The van der Waals surface area contributed by atoms with Gasteiger partial charge in [-0.25, -0.2) is 0 Å². The normalized spacial score (nSPS) is 18.1. The van der Waals surface area contributed by atoms with E-state index in [1.807, 2.05) is 22.8 Å². The van der Waals surface area contributed by atoms with Crippen molar-refractivity contribution >= 4 is 17.5 Å². The van der Waals surface area contributed by atoms with Crippen LogP contribution in [0.1, 0.15) is 23.1 Å². The standard InChI is InChI=1S/C12H11N3OS/c1-8-7-15-11(13-14-12(15)17-8)10(16)9-5-3-2-4-6-9/h2-6,8H,7H2,1H3/t8-/m0/s1. The minimum atomic E-state index is -0.0564. The summed E-state index contributed by atoms with van der Waals surface area (Å²) >= 11 is 1.66. The quantitative estimate of drug-likeness (QED) is 0.759. The smallest absolute Gasteiger partial charge is 0.230 e. The molecule has 5 heteroatoms. The molecule has 3 rings (SSSR count). The predicted octanol–water partition coefficient (Wildman–Crippen LogP) is 2.00. The summed E-state index contributed by atoms with van der Waals surface area (Å²) in [7, 11) is 0. The van der Waals surface area contributed by atoms with Gasteiger partial charge in [-0.3, -0.25) is 9.36 Å². The predicted molar refractivity (Wildman–Crippen MR) is 65.2 cm³/mol. The number of thioether (sulfide) groups is 1. The molecule has 86 valence electrons. The molecule has 1 atom stereocenters. The Balaban J connectivity index is 1.99. The van der Waals surface area contributed by atoms with E-state index in [4.69, 9.17) is 0 Å². The topological polar surface area (TPSA) is 47.8 Å². The Morgan fingerprint density at radius 3 is 2.88 bits per heavy atom. The van der Waals surface area contributed by atoms with Crippen molar-refractivity contribution in [2.75, 3.05) is 0 Å². The van der Waals surface area contributed by atoms with Gasteiger partial charge in [0.15, 0.2) is 5.16 Å². The van der Waals surface area contributed by atoms with Crippen molar-refractivity contribution in [1.82, 2.24) is 14.8 Å². The van der Waals surface area contributed by atoms with E-state index in [1.54, 1.807) is 23.9 Å². The van der Waals surface area contributed by atoms with E-state index in [0.29, 0.717) is 16.6 Å². The second kappa shape index (κ2) is 4.00. The molecule has 2 heterocycles. The Morgan fingerprint density at radius 2 is 2.12 bits per heavy atom. The first-order valence-electron chi connectivity index (χ1n) is 5.45. The lowest BCUT2D eigenvalue weighted by atomic mass is 10.1. The van der Waals surface area contributed by atoms with Crippen LogP contribution >= 0.6 is 11.8 Å². The first-order valence-corrected chi connectivity index (χ1v) is 6.33. The van der Waals surface area contributed by atoms with Crippen LogP contribution in [0.2, 0.25) is 0 Å². The number of rotatable bonds is 2. The first kappa shape index (κ1) is 10.5. The summed E-state index contributed by atoms with van der Waals surface area (Å²) in [5, 5.41) is 9.35. The van der Waals surface area contributed by atoms with Crippen molar-refractivity contribution in [2.24, 2.45) is 0 Å². The van der Waals surface area contributed by atoms with Crippen molar-refractivity contribution in [1.29, 1.82) is 0 Å². The second-order valence-corrected chi connectivity index (χ2v) is 5.45. The zero-order chi connectivity index (χ0) is 11.8. The Morgan fingerprint density at radius 1 is 1.35 bits per heavy atom. The Kier molecular flexibility index (Phi) is 2.48. The van der Waals surface area contributed by atoms with Gasteiger partial charge in [0.1, 0.15) is 0 Å². The van der Waals surface area contributed by atoms with E-state index in [1.165, 1.54) is 0 Å². The molecule has 0 spiro atoms. The van der Waals surface area contributed by atoms with Crippen LogP contribution in [-0.2, 0) is 6.54 Å². The summed E-state index contributed by atoms with van der Waals surface area (Å²) in [6, 6.07) is 9.20. The lowest BCUT2D eigenvalue weighted by Gasteiger charge is -2.02. The van der Waals surface area contributed by atoms with Crippen molar-refractivity contribution in [3.05, 3.63) is 41.7 Å². The molecule has 0 saturated carbocycles. The molecule has 1 aromatic heterocycles. The molecule has 0 amide bonds. The van der Waals surface area contributed by atoms with E-state index in [9.17, 15) is 4.79 Å². The van der Waals surface area contributed by atoms with E-state index in [0.717, 1.165) is 11.7 Å². The van der Waals surface area contributed by atoms with E-state index in [-0.39, 0.29) is 5.78 Å². The maximum atomic E-state index is 12.2. The zero-order valence-electron chi connectivity index (χ0n) is 9.33. The molecule has 2 aromatic rings. The van der Waals surface area contributed by atoms with Crippen molar-refractivity contribution < 1.29 is 4.79 Å². The highest BCUT2D eigenvalue weighted by molar-refractivity contribution is 7.99. The number of fused-ring (bicyclic) bond motifs is 1. The van der Waals surface area contributed by atoms with Gasteiger partial charge in [-0.2, -0.15) is 0 Å². The highest BCUT2D eigenvalue weighted by Crippen LogP contribution is 2.31. The largest absolute Gasteiger partial charge is 0.298 e. The van der Waals surface area contributed by atoms with Gasteiger partial charge in [0.05, 0.1) is 0 Å². The number of carbonyl (C=O) groups excluding carboxylic acids is 1. The first-order chi connectivity index (χ1) is 8.25. The third-order valence-corrected chi connectivity index (χ3v) is 3.77. The lowest BCUT2D eigenvalue weighted by molar-refractivity contribution is 0.102. The Labute approximate surface area is 103 Å². The summed E-state index contributed by atoms with van der Waals surface area (Å²) < 4.78 is 1.91. The molecule has 1 aromatic carbocycles. The average molecular weight is 245 g/mol. The van der Waals surface area contributed by atoms with Crippen molar-refractivity contribution in [3.63, 3.8) is 0 Å². The summed E-state index contributed by atoms with van der Waals surface area (Å²) in [6.45, 7) is 2.93. The molecule has 1 aliphatic rings. The van der Waals surface area contributed by atoms with Crippen LogP contribution in [-0.4, -0.2) is 25.8 Å². The third-order valence-electron chi connectivity index (χ3n) is 2.70. The van der Waals surface area contributed by atoms with Crippen LogP contribution in [0.4, 0.5) is 0 Å². The number of carbonyl (C=O) groups is 1. The molecule has 0 bridgehead atoms. The zero-order valence-corrected chi connectivity index (χ0v) is 10.1. The lowest BCUT2D eigenvalue weighted by Crippen LogP contribution is -2.12. The molecule has 1 aliphatic heterocycles. The van der Waals surface area contributed by atoms with E-state index >= 15 is 0 Å². The third kappa shape index (κ3) is 1.76. The van der Waals surface area contributed by atoms with Crippen LogP contribution in [0, 0.1) is 0 Å². The summed E-state index contributed by atoms with van der Waals surface area (Å²) in [4.78, 5) is 12.2.